The highest BCUT2D eigenvalue weighted by Crippen LogP contribution is 2.29. The zero-order valence-electron chi connectivity index (χ0n) is 17.6. The van der Waals surface area contributed by atoms with Gasteiger partial charge in [0.2, 0.25) is 5.91 Å². The normalized spacial score (nSPS) is 17.4. The van der Waals surface area contributed by atoms with Crippen molar-refractivity contribution in [2.75, 3.05) is 20.1 Å². The number of rotatable bonds is 8. The van der Waals surface area contributed by atoms with Gasteiger partial charge in [0, 0.05) is 48.9 Å². The number of nitrogens with one attached hydrogen (secondary N) is 1. The van der Waals surface area contributed by atoms with E-state index in [9.17, 15) is 14.4 Å². The average molecular weight is 425 g/mol. The van der Waals surface area contributed by atoms with E-state index >= 15 is 0 Å². The first-order valence-corrected chi connectivity index (χ1v) is 10.2. The van der Waals surface area contributed by atoms with Crippen LogP contribution in [0.25, 0.3) is 5.70 Å². The number of pyridine rings is 1. The summed E-state index contributed by atoms with van der Waals surface area (Å²) in [6, 6.07) is 3.79. The van der Waals surface area contributed by atoms with Crippen LogP contribution in [0.5, 0.6) is 0 Å². The van der Waals surface area contributed by atoms with Crippen LogP contribution in [-0.4, -0.2) is 59.1 Å². The van der Waals surface area contributed by atoms with Gasteiger partial charge < -0.3 is 26.6 Å². The monoisotopic (exact) mass is 424 g/mol. The number of nitrogens with two attached hydrogens (primary N) is 2. The lowest BCUT2D eigenvalue weighted by atomic mass is 10.0. The Morgan fingerprint density at radius 2 is 2.10 bits per heavy atom. The fourth-order valence-electron chi connectivity index (χ4n) is 3.46. The van der Waals surface area contributed by atoms with E-state index in [-0.39, 0.29) is 30.2 Å². The molecule has 9 nitrogen and oxygen atoms in total. The van der Waals surface area contributed by atoms with E-state index in [0.717, 1.165) is 24.7 Å². The summed E-state index contributed by atoms with van der Waals surface area (Å²) in [6.07, 6.45) is 10.2. The molecule has 1 fully saturated rings. The lowest BCUT2D eigenvalue weighted by Crippen LogP contribution is -2.45. The Morgan fingerprint density at radius 1 is 1.32 bits per heavy atom. The van der Waals surface area contributed by atoms with Crippen LogP contribution in [0.2, 0.25) is 0 Å². The summed E-state index contributed by atoms with van der Waals surface area (Å²) < 4.78 is 0. The molecular formula is C22H28N6O3. The van der Waals surface area contributed by atoms with E-state index in [2.05, 4.69) is 10.3 Å². The summed E-state index contributed by atoms with van der Waals surface area (Å²) in [5.41, 5.74) is 13.8. The molecule has 5 N–H and O–H groups in total. The molecule has 2 amide bonds. The zero-order chi connectivity index (χ0) is 22.4. The minimum atomic E-state index is -0.381. The predicted molar refractivity (Wildman–Crippen MR) is 117 cm³/mol. The van der Waals surface area contributed by atoms with Gasteiger partial charge in [-0.3, -0.25) is 19.4 Å². The minimum Gasteiger partial charge on any atom is -0.398 e. The van der Waals surface area contributed by atoms with Crippen molar-refractivity contribution in [3.05, 3.63) is 59.3 Å². The molecule has 0 aromatic carbocycles. The summed E-state index contributed by atoms with van der Waals surface area (Å²) >= 11 is 0. The van der Waals surface area contributed by atoms with Crippen LogP contribution in [0.15, 0.2) is 53.8 Å². The topological polar surface area (TPSA) is 135 Å². The van der Waals surface area contributed by atoms with Crippen molar-refractivity contribution in [3.63, 3.8) is 0 Å². The number of hydrogen-bond donors (Lipinski definition) is 3. The molecule has 0 unspecified atom stereocenters. The van der Waals surface area contributed by atoms with E-state index in [4.69, 9.17) is 11.5 Å². The molecular weight excluding hydrogens is 396 g/mol. The van der Waals surface area contributed by atoms with Crippen molar-refractivity contribution in [2.24, 2.45) is 11.5 Å². The number of hydrogen-bond acceptors (Lipinski definition) is 7. The molecule has 1 aliphatic heterocycles. The van der Waals surface area contributed by atoms with Gasteiger partial charge in [0.15, 0.2) is 0 Å². The number of allylic oxidation sites excluding steroid dienone is 3. The molecule has 0 bridgehead atoms. The Hall–Kier alpha value is -3.62. The number of likely N-dealkylation sites (N-methyl/N-ethyl adjacent to an activating group) is 1. The Balaban J connectivity index is 1.66. The molecule has 1 saturated carbocycles. The Labute approximate surface area is 181 Å². The van der Waals surface area contributed by atoms with Gasteiger partial charge in [-0.25, -0.2) is 0 Å². The first-order valence-electron chi connectivity index (χ1n) is 10.2. The maximum absolute atomic E-state index is 12.9. The highest BCUT2D eigenvalue weighted by molar-refractivity contribution is 5.99. The largest absolute Gasteiger partial charge is 0.398 e. The number of aromatic nitrogens is 1. The molecule has 2 heterocycles. The van der Waals surface area contributed by atoms with Crippen molar-refractivity contribution in [1.82, 2.24) is 20.1 Å². The molecule has 0 atom stereocenters. The van der Waals surface area contributed by atoms with Gasteiger partial charge in [-0.2, -0.15) is 0 Å². The molecule has 9 heteroatoms. The van der Waals surface area contributed by atoms with Gasteiger partial charge >= 0.3 is 0 Å². The maximum Gasteiger partial charge on any atom is 0.270 e. The summed E-state index contributed by atoms with van der Waals surface area (Å²) in [5, 5.41) is 2.60. The lowest BCUT2D eigenvalue weighted by Gasteiger charge is -2.33. The van der Waals surface area contributed by atoms with Crippen LogP contribution in [-0.2, 0) is 14.4 Å². The van der Waals surface area contributed by atoms with Crippen molar-refractivity contribution in [2.45, 2.75) is 31.7 Å². The van der Waals surface area contributed by atoms with Crippen LogP contribution in [0.4, 0.5) is 0 Å². The van der Waals surface area contributed by atoms with Crippen LogP contribution < -0.4 is 16.8 Å². The van der Waals surface area contributed by atoms with Crippen LogP contribution in [0, 0.1) is 0 Å². The molecule has 31 heavy (non-hydrogen) atoms. The third-order valence-corrected chi connectivity index (χ3v) is 5.31. The molecule has 1 aromatic rings. The van der Waals surface area contributed by atoms with Gasteiger partial charge in [0.05, 0.1) is 6.54 Å². The van der Waals surface area contributed by atoms with Gasteiger partial charge in [-0.05, 0) is 50.0 Å². The number of aldehydes is 1. The molecule has 3 rings (SSSR count). The van der Waals surface area contributed by atoms with Crippen LogP contribution in [0.3, 0.4) is 0 Å². The first kappa shape index (κ1) is 22.1. The predicted octanol–water partition coefficient (Wildman–Crippen LogP) is 0.467. The lowest BCUT2D eigenvalue weighted by molar-refractivity contribution is -0.129. The maximum atomic E-state index is 12.9. The second kappa shape index (κ2) is 9.92. The summed E-state index contributed by atoms with van der Waals surface area (Å²) in [4.78, 5) is 44.4. The quantitative estimate of drug-likeness (QED) is 0.408. The smallest absolute Gasteiger partial charge is 0.270 e. The van der Waals surface area contributed by atoms with Gasteiger partial charge in [-0.1, -0.05) is 0 Å². The third kappa shape index (κ3) is 5.71. The summed E-state index contributed by atoms with van der Waals surface area (Å²) in [7, 11) is 1.74. The Kier molecular flexibility index (Phi) is 7.07. The number of carbonyl (C=O) groups excluding carboxylic acids is 3. The average Bonchev–Trinajstić information content (AvgIpc) is 3.62. The van der Waals surface area contributed by atoms with E-state index in [1.54, 1.807) is 41.4 Å². The van der Waals surface area contributed by atoms with Crippen LogP contribution >= 0.6 is 0 Å². The van der Waals surface area contributed by atoms with E-state index in [0.29, 0.717) is 36.4 Å². The number of amides is 2. The first-order chi connectivity index (χ1) is 14.9. The highest BCUT2D eigenvalue weighted by atomic mass is 16.2. The molecule has 164 valence electrons. The Morgan fingerprint density at radius 3 is 2.74 bits per heavy atom. The molecule has 0 saturated heterocycles. The number of carbonyl (C=O) groups is 3. The van der Waals surface area contributed by atoms with Crippen molar-refractivity contribution >= 4 is 23.8 Å². The van der Waals surface area contributed by atoms with Gasteiger partial charge in [0.1, 0.15) is 17.8 Å². The highest BCUT2D eigenvalue weighted by Gasteiger charge is 2.35. The second-order valence-corrected chi connectivity index (χ2v) is 7.70. The number of nitrogens with zero attached hydrogens (tertiary/aromatic N) is 3. The van der Waals surface area contributed by atoms with Crippen molar-refractivity contribution < 1.29 is 14.4 Å². The molecule has 1 aromatic heterocycles. The van der Waals surface area contributed by atoms with E-state index in [1.165, 1.54) is 6.08 Å². The van der Waals surface area contributed by atoms with Gasteiger partial charge in [0.25, 0.3) is 5.91 Å². The third-order valence-electron chi connectivity index (χ3n) is 5.31. The summed E-state index contributed by atoms with van der Waals surface area (Å²) in [5.74, 6) is -0.474. The SMILES string of the molecule is CN(C(=O)C1=C(C=O)CCCN1CC(=O)N/C(N)=C/C=C(\N)c1cccnc1)C1CC1. The molecule has 1 aliphatic carbocycles. The molecule has 0 spiro atoms. The zero-order valence-corrected chi connectivity index (χ0v) is 17.6. The Bertz CT molecular complexity index is 934. The molecule has 2 aliphatic rings. The van der Waals surface area contributed by atoms with Crippen LogP contribution in [0.1, 0.15) is 31.2 Å². The standard InChI is InChI=1S/C22H28N6O3/c1-27(17-6-7-17)22(31)21-16(14-29)5-3-11-28(21)13-20(30)26-19(24)9-8-18(23)15-4-2-10-25-12-15/h2,4,8-10,12,14,17H,3,5-7,11,13,23-24H2,1H3,(H,26,30)/b18-8-,19-9+. The summed E-state index contributed by atoms with van der Waals surface area (Å²) in [6.45, 7) is 0.440. The van der Waals surface area contributed by atoms with Crippen molar-refractivity contribution in [3.8, 4) is 0 Å². The fourth-order valence-corrected chi connectivity index (χ4v) is 3.46. The minimum absolute atomic E-state index is 0.0761. The van der Waals surface area contributed by atoms with E-state index < -0.39 is 0 Å². The van der Waals surface area contributed by atoms with Crippen molar-refractivity contribution in [1.29, 1.82) is 0 Å². The second-order valence-electron chi connectivity index (χ2n) is 7.70. The van der Waals surface area contributed by atoms with E-state index in [1.807, 2.05) is 6.07 Å². The fraction of sp³-hybridized carbons (Fsp3) is 0.364. The van der Waals surface area contributed by atoms with Gasteiger partial charge in [-0.15, -0.1) is 0 Å². The molecule has 0 radical (unpaired) electrons.